The number of benzene rings is 1. The molecule has 2 heterocycles. The first kappa shape index (κ1) is 17.6. The van der Waals surface area contributed by atoms with Gasteiger partial charge in [0.15, 0.2) is 5.82 Å². The van der Waals surface area contributed by atoms with Gasteiger partial charge in [-0.3, -0.25) is 9.69 Å². The van der Waals surface area contributed by atoms with Crippen molar-refractivity contribution in [2.75, 3.05) is 13.1 Å². The largest absolute Gasteiger partial charge is 0.355 e. The maximum atomic E-state index is 12.0. The predicted molar refractivity (Wildman–Crippen MR) is 95.0 cm³/mol. The van der Waals surface area contributed by atoms with Crippen molar-refractivity contribution in [2.45, 2.75) is 52.1 Å². The van der Waals surface area contributed by atoms with Gasteiger partial charge in [0.25, 0.3) is 0 Å². The Hall–Kier alpha value is -2.21. The molecule has 0 radical (unpaired) electrons. The Labute approximate surface area is 148 Å². The maximum Gasteiger partial charge on any atom is 0.226 e. The zero-order chi connectivity index (χ0) is 17.6. The summed E-state index contributed by atoms with van der Waals surface area (Å²) in [5, 5.41) is 6.80. The van der Waals surface area contributed by atoms with Crippen LogP contribution in [0.2, 0.25) is 0 Å². The lowest BCUT2D eigenvalue weighted by Gasteiger charge is -2.33. The van der Waals surface area contributed by atoms with Crippen LogP contribution in [-0.2, 0) is 24.2 Å². The van der Waals surface area contributed by atoms with Gasteiger partial charge in [-0.15, -0.1) is 0 Å². The number of hydrogen-bond acceptors (Lipinski definition) is 5. The van der Waals surface area contributed by atoms with E-state index in [1.165, 1.54) is 11.1 Å². The highest BCUT2D eigenvalue weighted by Crippen LogP contribution is 2.19. The Balaban J connectivity index is 1.37. The second-order valence-corrected chi connectivity index (χ2v) is 6.73. The minimum atomic E-state index is 0.0838. The van der Waals surface area contributed by atoms with Gasteiger partial charge in [-0.1, -0.05) is 29.4 Å². The number of rotatable bonds is 7. The van der Waals surface area contributed by atoms with Crippen LogP contribution in [0.4, 0.5) is 0 Å². The number of nitrogens with zero attached hydrogens (tertiary/aromatic N) is 3. The van der Waals surface area contributed by atoms with E-state index in [2.05, 4.69) is 51.5 Å². The van der Waals surface area contributed by atoms with Crippen LogP contribution in [0.15, 0.2) is 28.8 Å². The first-order valence-electron chi connectivity index (χ1n) is 8.98. The molecule has 0 bridgehead atoms. The van der Waals surface area contributed by atoms with Gasteiger partial charge >= 0.3 is 0 Å². The molecule has 1 aromatic heterocycles. The SMILES string of the molecule is Cc1noc(CCCC(=O)NC[C@H](C)N2CCc3ccccc3C2)n1. The summed E-state index contributed by atoms with van der Waals surface area (Å²) in [7, 11) is 0. The van der Waals surface area contributed by atoms with Crippen molar-refractivity contribution in [1.29, 1.82) is 0 Å². The van der Waals surface area contributed by atoms with Crippen LogP contribution >= 0.6 is 0 Å². The lowest BCUT2D eigenvalue weighted by Crippen LogP contribution is -2.44. The van der Waals surface area contributed by atoms with E-state index < -0.39 is 0 Å². The van der Waals surface area contributed by atoms with Crippen molar-refractivity contribution < 1.29 is 9.32 Å². The van der Waals surface area contributed by atoms with E-state index >= 15 is 0 Å². The van der Waals surface area contributed by atoms with Crippen LogP contribution in [0.5, 0.6) is 0 Å². The normalized spacial score (nSPS) is 15.6. The van der Waals surface area contributed by atoms with Gasteiger partial charge in [-0.25, -0.2) is 0 Å². The molecular weight excluding hydrogens is 316 g/mol. The summed E-state index contributed by atoms with van der Waals surface area (Å²) in [5.74, 6) is 1.32. The van der Waals surface area contributed by atoms with Crippen LogP contribution in [0, 0.1) is 6.92 Å². The van der Waals surface area contributed by atoms with E-state index in [-0.39, 0.29) is 5.91 Å². The molecular formula is C19H26N4O2. The molecule has 1 aliphatic heterocycles. The van der Waals surface area contributed by atoms with Crippen molar-refractivity contribution in [3.8, 4) is 0 Å². The minimum Gasteiger partial charge on any atom is -0.355 e. The Morgan fingerprint density at radius 1 is 1.36 bits per heavy atom. The van der Waals surface area contributed by atoms with Gasteiger partial charge in [-0.2, -0.15) is 4.98 Å². The van der Waals surface area contributed by atoms with Crippen LogP contribution in [0.3, 0.4) is 0 Å². The fourth-order valence-electron chi connectivity index (χ4n) is 3.21. The molecule has 25 heavy (non-hydrogen) atoms. The standard InChI is InChI=1S/C19H26N4O2/c1-14(23-11-10-16-6-3-4-7-17(16)13-23)12-20-18(24)8-5-9-19-21-15(2)22-25-19/h3-4,6-7,14H,5,8-13H2,1-2H3,(H,20,24)/t14-/m0/s1. The molecule has 0 saturated carbocycles. The molecule has 1 aromatic carbocycles. The summed E-state index contributed by atoms with van der Waals surface area (Å²) >= 11 is 0. The third-order valence-corrected chi connectivity index (χ3v) is 4.74. The number of amides is 1. The molecule has 0 saturated heterocycles. The highest BCUT2D eigenvalue weighted by atomic mass is 16.5. The van der Waals surface area contributed by atoms with E-state index in [0.717, 1.165) is 25.9 Å². The van der Waals surface area contributed by atoms with Crippen molar-refractivity contribution in [3.05, 3.63) is 47.1 Å². The molecule has 0 aliphatic carbocycles. The topological polar surface area (TPSA) is 71.3 Å². The highest BCUT2D eigenvalue weighted by Gasteiger charge is 2.20. The Morgan fingerprint density at radius 3 is 2.92 bits per heavy atom. The summed E-state index contributed by atoms with van der Waals surface area (Å²) in [6, 6.07) is 8.94. The van der Waals surface area contributed by atoms with Gasteiger partial charge in [-0.05, 0) is 37.8 Å². The van der Waals surface area contributed by atoms with E-state index in [1.807, 2.05) is 0 Å². The molecule has 0 fully saturated rings. The number of carbonyl (C=O) groups excluding carboxylic acids is 1. The van der Waals surface area contributed by atoms with E-state index in [4.69, 9.17) is 4.52 Å². The smallest absolute Gasteiger partial charge is 0.226 e. The van der Waals surface area contributed by atoms with E-state index in [9.17, 15) is 4.79 Å². The Bertz CT molecular complexity index is 713. The predicted octanol–water partition coefficient (Wildman–Crippen LogP) is 2.26. The average molecular weight is 342 g/mol. The molecule has 134 valence electrons. The van der Waals surface area contributed by atoms with Gasteiger partial charge in [0, 0.05) is 38.5 Å². The molecule has 1 amide bonds. The molecule has 0 spiro atoms. The zero-order valence-electron chi connectivity index (χ0n) is 15.0. The lowest BCUT2D eigenvalue weighted by atomic mass is 9.99. The van der Waals surface area contributed by atoms with Crippen molar-refractivity contribution in [1.82, 2.24) is 20.4 Å². The van der Waals surface area contributed by atoms with Crippen LogP contribution < -0.4 is 5.32 Å². The van der Waals surface area contributed by atoms with Gasteiger partial charge < -0.3 is 9.84 Å². The highest BCUT2D eigenvalue weighted by molar-refractivity contribution is 5.75. The molecule has 1 atom stereocenters. The maximum absolute atomic E-state index is 12.0. The van der Waals surface area contributed by atoms with E-state index in [1.54, 1.807) is 6.92 Å². The van der Waals surface area contributed by atoms with Crippen LogP contribution in [0.25, 0.3) is 0 Å². The first-order valence-corrected chi connectivity index (χ1v) is 8.98. The summed E-state index contributed by atoms with van der Waals surface area (Å²) in [6.45, 7) is 6.66. The molecule has 3 rings (SSSR count). The number of nitrogens with one attached hydrogen (secondary N) is 1. The third-order valence-electron chi connectivity index (χ3n) is 4.74. The number of hydrogen-bond donors (Lipinski definition) is 1. The number of carbonyl (C=O) groups is 1. The quantitative estimate of drug-likeness (QED) is 0.836. The number of aromatic nitrogens is 2. The molecule has 0 unspecified atom stereocenters. The molecule has 2 aromatic rings. The second kappa shape index (κ2) is 8.25. The van der Waals surface area contributed by atoms with Crippen LogP contribution in [-0.4, -0.2) is 40.1 Å². The second-order valence-electron chi connectivity index (χ2n) is 6.73. The molecule has 1 aliphatic rings. The summed E-state index contributed by atoms with van der Waals surface area (Å²) in [4.78, 5) is 18.6. The third kappa shape index (κ3) is 4.89. The summed E-state index contributed by atoms with van der Waals surface area (Å²) in [6.07, 6.45) is 2.93. The number of fused-ring (bicyclic) bond motifs is 1. The Kier molecular flexibility index (Phi) is 5.81. The zero-order valence-corrected chi connectivity index (χ0v) is 15.0. The van der Waals surface area contributed by atoms with Crippen molar-refractivity contribution >= 4 is 5.91 Å². The van der Waals surface area contributed by atoms with Crippen LogP contribution in [0.1, 0.15) is 42.6 Å². The molecule has 1 N–H and O–H groups in total. The molecule has 6 heteroatoms. The summed E-state index contributed by atoms with van der Waals surface area (Å²) < 4.78 is 5.05. The number of aryl methyl sites for hydroxylation is 2. The van der Waals surface area contributed by atoms with Gasteiger partial charge in [0.1, 0.15) is 0 Å². The average Bonchev–Trinajstić information content (AvgIpc) is 3.04. The van der Waals surface area contributed by atoms with Crippen molar-refractivity contribution in [2.24, 2.45) is 0 Å². The fraction of sp³-hybridized carbons (Fsp3) is 0.526. The monoisotopic (exact) mass is 342 g/mol. The fourth-order valence-corrected chi connectivity index (χ4v) is 3.21. The minimum absolute atomic E-state index is 0.0838. The Morgan fingerprint density at radius 2 is 2.16 bits per heavy atom. The summed E-state index contributed by atoms with van der Waals surface area (Å²) in [5.41, 5.74) is 2.85. The molecule has 6 nitrogen and oxygen atoms in total. The van der Waals surface area contributed by atoms with Gasteiger partial charge in [0.2, 0.25) is 11.8 Å². The van der Waals surface area contributed by atoms with E-state index in [0.29, 0.717) is 37.1 Å². The van der Waals surface area contributed by atoms with Gasteiger partial charge in [0.05, 0.1) is 0 Å². The lowest BCUT2D eigenvalue weighted by molar-refractivity contribution is -0.121. The first-order chi connectivity index (χ1) is 12.1. The van der Waals surface area contributed by atoms with Crippen molar-refractivity contribution in [3.63, 3.8) is 0 Å².